The molecule has 0 N–H and O–H groups in total. The molecule has 0 radical (unpaired) electrons. The van der Waals surface area contributed by atoms with E-state index in [9.17, 15) is 4.79 Å². The molecular formula is C23H28N2O2. The lowest BCUT2D eigenvalue weighted by Gasteiger charge is -2.40. The van der Waals surface area contributed by atoms with E-state index in [0.717, 1.165) is 51.3 Å². The summed E-state index contributed by atoms with van der Waals surface area (Å²) in [5.74, 6) is 1.48. The van der Waals surface area contributed by atoms with E-state index >= 15 is 0 Å². The first-order valence-electron chi connectivity index (χ1n) is 10.4. The van der Waals surface area contributed by atoms with Crippen molar-refractivity contribution in [3.8, 4) is 0 Å². The van der Waals surface area contributed by atoms with Crippen molar-refractivity contribution in [3.05, 3.63) is 59.0 Å². The molecule has 1 aliphatic carbocycles. The molecule has 3 aliphatic rings. The van der Waals surface area contributed by atoms with Crippen LogP contribution in [0.2, 0.25) is 0 Å². The van der Waals surface area contributed by atoms with Crippen LogP contribution in [0.4, 0.5) is 0 Å². The minimum Gasteiger partial charge on any atom is -0.455 e. The molecule has 0 atom stereocenters. The number of likely N-dealkylation sites (tertiary alicyclic amines) is 2. The van der Waals surface area contributed by atoms with Crippen LogP contribution >= 0.6 is 0 Å². The third kappa shape index (κ3) is 3.10. The summed E-state index contributed by atoms with van der Waals surface area (Å²) in [5.41, 5.74) is 3.33. The Kier molecular flexibility index (Phi) is 4.31. The van der Waals surface area contributed by atoms with Crippen molar-refractivity contribution >= 4 is 5.91 Å². The molecule has 27 heavy (non-hydrogen) atoms. The highest BCUT2D eigenvalue weighted by atomic mass is 16.4. The van der Waals surface area contributed by atoms with Crippen LogP contribution in [0.15, 0.2) is 40.8 Å². The molecule has 1 aromatic carbocycles. The van der Waals surface area contributed by atoms with Gasteiger partial charge in [0.2, 0.25) is 0 Å². The van der Waals surface area contributed by atoms with Crippen LogP contribution in [-0.4, -0.2) is 41.9 Å². The van der Waals surface area contributed by atoms with Crippen molar-refractivity contribution in [1.82, 2.24) is 9.80 Å². The summed E-state index contributed by atoms with van der Waals surface area (Å²) in [5, 5.41) is 0. The number of aryl methyl sites for hydroxylation is 1. The third-order valence-electron chi connectivity index (χ3n) is 6.92. The minimum atomic E-state index is 0.0591. The second kappa shape index (κ2) is 6.83. The molecule has 4 nitrogen and oxygen atoms in total. The van der Waals surface area contributed by atoms with Crippen molar-refractivity contribution in [1.29, 1.82) is 0 Å². The van der Waals surface area contributed by atoms with Gasteiger partial charge in [0.1, 0.15) is 5.76 Å². The lowest BCUT2D eigenvalue weighted by molar-refractivity contribution is 0.0631. The summed E-state index contributed by atoms with van der Waals surface area (Å²) in [6.45, 7) is 4.76. The number of carbonyl (C=O) groups is 1. The molecule has 0 saturated carbocycles. The zero-order valence-corrected chi connectivity index (χ0v) is 16.0. The molecule has 2 aliphatic heterocycles. The van der Waals surface area contributed by atoms with E-state index in [-0.39, 0.29) is 11.3 Å². The van der Waals surface area contributed by atoms with Gasteiger partial charge in [0.05, 0.1) is 6.54 Å². The number of furan rings is 1. The van der Waals surface area contributed by atoms with E-state index in [4.69, 9.17) is 4.42 Å². The van der Waals surface area contributed by atoms with Crippen molar-refractivity contribution in [2.45, 2.75) is 50.5 Å². The van der Waals surface area contributed by atoms with E-state index in [2.05, 4.69) is 29.2 Å². The van der Waals surface area contributed by atoms with Gasteiger partial charge in [-0.05, 0) is 80.3 Å². The SMILES string of the molecule is O=C(c1ccc(CN2CCCC2)o1)N1CCC2(CCc3ccccc32)CC1. The molecule has 4 heteroatoms. The molecule has 1 amide bonds. The summed E-state index contributed by atoms with van der Waals surface area (Å²) in [6.07, 6.45) is 7.09. The number of piperidine rings is 1. The molecule has 0 bridgehead atoms. The number of benzene rings is 1. The lowest BCUT2D eigenvalue weighted by atomic mass is 9.74. The molecule has 1 aromatic heterocycles. The molecule has 142 valence electrons. The number of hydrogen-bond donors (Lipinski definition) is 0. The zero-order valence-electron chi connectivity index (χ0n) is 16.0. The van der Waals surface area contributed by atoms with Gasteiger partial charge in [0.15, 0.2) is 5.76 Å². The molecule has 3 heterocycles. The van der Waals surface area contributed by atoms with Crippen molar-refractivity contribution in [2.24, 2.45) is 0 Å². The van der Waals surface area contributed by atoms with Gasteiger partial charge in [0.25, 0.3) is 5.91 Å². The van der Waals surface area contributed by atoms with Gasteiger partial charge in [-0.15, -0.1) is 0 Å². The van der Waals surface area contributed by atoms with Gasteiger partial charge in [0, 0.05) is 13.1 Å². The molecular weight excluding hydrogens is 336 g/mol. The summed E-state index contributed by atoms with van der Waals surface area (Å²) in [7, 11) is 0. The Hall–Kier alpha value is -2.07. The van der Waals surface area contributed by atoms with Crippen LogP contribution in [0, 0.1) is 0 Å². The minimum absolute atomic E-state index is 0.0591. The van der Waals surface area contributed by atoms with Crippen molar-refractivity contribution in [2.75, 3.05) is 26.2 Å². The Morgan fingerprint density at radius 2 is 1.74 bits per heavy atom. The highest BCUT2D eigenvalue weighted by Gasteiger charge is 2.42. The topological polar surface area (TPSA) is 36.7 Å². The summed E-state index contributed by atoms with van der Waals surface area (Å²) < 4.78 is 5.90. The normalized spacial score (nSPS) is 21.7. The van der Waals surface area contributed by atoms with E-state index in [0.29, 0.717) is 5.76 Å². The number of hydrogen-bond acceptors (Lipinski definition) is 3. The summed E-state index contributed by atoms with van der Waals surface area (Å²) in [4.78, 5) is 17.3. The number of nitrogens with zero attached hydrogens (tertiary/aromatic N) is 2. The van der Waals surface area contributed by atoms with Crippen LogP contribution in [0.5, 0.6) is 0 Å². The van der Waals surface area contributed by atoms with Crippen LogP contribution in [0.3, 0.4) is 0 Å². The van der Waals surface area contributed by atoms with Crippen LogP contribution < -0.4 is 0 Å². The predicted molar refractivity (Wildman–Crippen MR) is 105 cm³/mol. The Balaban J connectivity index is 1.24. The van der Waals surface area contributed by atoms with Crippen LogP contribution in [0.1, 0.15) is 59.5 Å². The maximum Gasteiger partial charge on any atom is 0.289 e. The second-order valence-corrected chi connectivity index (χ2v) is 8.48. The quantitative estimate of drug-likeness (QED) is 0.826. The monoisotopic (exact) mass is 364 g/mol. The Labute approximate surface area is 161 Å². The first kappa shape index (κ1) is 17.1. The summed E-state index contributed by atoms with van der Waals surface area (Å²) in [6, 6.07) is 12.7. The average Bonchev–Trinajstić information content (AvgIpc) is 3.45. The molecule has 1 spiro atoms. The molecule has 2 fully saturated rings. The van der Waals surface area contributed by atoms with E-state index in [1.807, 2.05) is 17.0 Å². The number of fused-ring (bicyclic) bond motifs is 2. The molecule has 2 aromatic rings. The number of rotatable bonds is 3. The van der Waals surface area contributed by atoms with Crippen LogP contribution in [0.25, 0.3) is 0 Å². The van der Waals surface area contributed by atoms with E-state index in [1.54, 1.807) is 0 Å². The first-order chi connectivity index (χ1) is 13.2. The first-order valence-corrected chi connectivity index (χ1v) is 10.4. The largest absolute Gasteiger partial charge is 0.455 e. The average molecular weight is 364 g/mol. The Morgan fingerprint density at radius 1 is 0.963 bits per heavy atom. The fraction of sp³-hybridized carbons (Fsp3) is 0.522. The Morgan fingerprint density at radius 3 is 2.56 bits per heavy atom. The molecule has 5 rings (SSSR count). The standard InChI is InChI=1S/C23H28N2O2/c26-22(21-8-7-19(27-21)17-24-13-3-4-14-24)25-15-11-23(12-16-25)10-9-18-5-1-2-6-20(18)23/h1-2,5-8H,3-4,9-17H2. The van der Waals surface area contributed by atoms with Gasteiger partial charge in [-0.1, -0.05) is 24.3 Å². The smallest absolute Gasteiger partial charge is 0.289 e. The maximum atomic E-state index is 12.9. The predicted octanol–water partition coefficient (Wildman–Crippen LogP) is 4.00. The lowest BCUT2D eigenvalue weighted by Crippen LogP contribution is -2.44. The van der Waals surface area contributed by atoms with Crippen molar-refractivity contribution < 1.29 is 9.21 Å². The van der Waals surface area contributed by atoms with Gasteiger partial charge in [-0.3, -0.25) is 9.69 Å². The fourth-order valence-electron chi connectivity index (χ4n) is 5.32. The van der Waals surface area contributed by atoms with E-state index in [1.165, 1.54) is 36.8 Å². The van der Waals surface area contributed by atoms with Gasteiger partial charge in [-0.25, -0.2) is 0 Å². The van der Waals surface area contributed by atoms with Gasteiger partial charge < -0.3 is 9.32 Å². The summed E-state index contributed by atoms with van der Waals surface area (Å²) >= 11 is 0. The highest BCUT2D eigenvalue weighted by Crippen LogP contribution is 2.46. The van der Waals surface area contributed by atoms with E-state index < -0.39 is 0 Å². The van der Waals surface area contributed by atoms with Crippen LogP contribution in [-0.2, 0) is 18.4 Å². The molecule has 0 unspecified atom stereocenters. The number of carbonyl (C=O) groups excluding carboxylic acids is 1. The third-order valence-corrected chi connectivity index (χ3v) is 6.92. The maximum absolute atomic E-state index is 12.9. The van der Waals surface area contributed by atoms with Gasteiger partial charge >= 0.3 is 0 Å². The fourth-order valence-corrected chi connectivity index (χ4v) is 5.32. The second-order valence-electron chi connectivity index (χ2n) is 8.48. The highest BCUT2D eigenvalue weighted by molar-refractivity contribution is 5.91. The Bertz CT molecular complexity index is 826. The van der Waals surface area contributed by atoms with Crippen molar-refractivity contribution in [3.63, 3.8) is 0 Å². The zero-order chi connectivity index (χ0) is 18.3. The molecule has 2 saturated heterocycles. The number of amides is 1. The van der Waals surface area contributed by atoms with Gasteiger partial charge in [-0.2, -0.15) is 0 Å².